The summed E-state index contributed by atoms with van der Waals surface area (Å²) in [6.45, 7) is -0.623. The van der Waals surface area contributed by atoms with Gasteiger partial charge in [-0.1, -0.05) is 83.5 Å². The van der Waals surface area contributed by atoms with E-state index < -0.39 is 12.2 Å². The summed E-state index contributed by atoms with van der Waals surface area (Å²) in [6.07, 6.45) is 16.3. The van der Waals surface area contributed by atoms with Crippen molar-refractivity contribution < 1.29 is 30.0 Å². The van der Waals surface area contributed by atoms with Crippen molar-refractivity contribution in [2.45, 2.75) is 115 Å². The highest BCUT2D eigenvalue weighted by Crippen LogP contribution is 2.14. The van der Waals surface area contributed by atoms with Gasteiger partial charge >= 0.3 is 5.97 Å². The normalized spacial score (nSPS) is 13.4. The summed E-state index contributed by atoms with van der Waals surface area (Å²) in [5, 5.41) is 35.7. The smallest absolute Gasteiger partial charge is 0.305 e. The molecule has 6 nitrogen and oxygen atoms in total. The van der Waals surface area contributed by atoms with Crippen molar-refractivity contribution in [1.29, 1.82) is 0 Å². The van der Waals surface area contributed by atoms with Crippen LogP contribution >= 0.6 is 0 Å². The van der Waals surface area contributed by atoms with Gasteiger partial charge in [0, 0.05) is 6.42 Å². The Balaban J connectivity index is 3.15. The number of esters is 1. The first kappa shape index (κ1) is 27.3. The molecule has 2 atom stereocenters. The first-order valence-corrected chi connectivity index (χ1v) is 11.3. The molecule has 0 spiro atoms. The van der Waals surface area contributed by atoms with Crippen LogP contribution in [0.15, 0.2) is 0 Å². The molecule has 0 heterocycles. The SMILES string of the molecule is O=C(CCCCCCCCCCCCCCCCC(O)CO)OCC(O)CO. The quantitative estimate of drug-likeness (QED) is 0.172. The van der Waals surface area contributed by atoms with Gasteiger partial charge < -0.3 is 25.2 Å². The molecule has 0 amide bonds. The predicted octanol–water partition coefficient (Wildman–Crippen LogP) is 3.48. The van der Waals surface area contributed by atoms with Crippen molar-refractivity contribution in [3.05, 3.63) is 0 Å². The highest BCUT2D eigenvalue weighted by atomic mass is 16.5. The fourth-order valence-corrected chi connectivity index (χ4v) is 3.18. The molecule has 0 saturated heterocycles. The van der Waals surface area contributed by atoms with Gasteiger partial charge in [0.1, 0.15) is 12.7 Å². The third kappa shape index (κ3) is 20.1. The summed E-state index contributed by atoms with van der Waals surface area (Å²) < 4.78 is 4.86. The van der Waals surface area contributed by atoms with Crippen LogP contribution in [0.25, 0.3) is 0 Å². The zero-order valence-corrected chi connectivity index (χ0v) is 17.7. The third-order valence-electron chi connectivity index (χ3n) is 5.03. The molecular formula is C22H44O6. The molecule has 0 aromatic rings. The van der Waals surface area contributed by atoms with E-state index in [1.165, 1.54) is 57.8 Å². The lowest BCUT2D eigenvalue weighted by molar-refractivity contribution is -0.147. The molecule has 0 fully saturated rings. The molecule has 0 bridgehead atoms. The van der Waals surface area contributed by atoms with E-state index in [1.807, 2.05) is 0 Å². The van der Waals surface area contributed by atoms with Crippen LogP contribution in [-0.4, -0.2) is 58.4 Å². The number of ether oxygens (including phenoxy) is 1. The minimum atomic E-state index is -0.971. The molecule has 2 unspecified atom stereocenters. The van der Waals surface area contributed by atoms with Gasteiger partial charge in [-0.25, -0.2) is 0 Å². The number of hydrogen-bond acceptors (Lipinski definition) is 6. The second-order valence-corrected chi connectivity index (χ2v) is 7.84. The summed E-state index contributed by atoms with van der Waals surface area (Å²) in [6, 6.07) is 0. The lowest BCUT2D eigenvalue weighted by Crippen LogP contribution is -2.21. The Labute approximate surface area is 171 Å². The van der Waals surface area contributed by atoms with Crippen molar-refractivity contribution >= 4 is 5.97 Å². The minimum Gasteiger partial charge on any atom is -0.463 e. The fraction of sp³-hybridized carbons (Fsp3) is 0.955. The Bertz CT molecular complexity index is 337. The molecule has 0 rings (SSSR count). The molecule has 28 heavy (non-hydrogen) atoms. The molecule has 4 N–H and O–H groups in total. The second kappa shape index (κ2) is 21.0. The van der Waals surface area contributed by atoms with Crippen LogP contribution in [-0.2, 0) is 9.53 Å². The van der Waals surface area contributed by atoms with Crippen LogP contribution in [0.2, 0.25) is 0 Å². The molecule has 0 aliphatic heterocycles. The number of aliphatic hydroxyl groups is 4. The largest absolute Gasteiger partial charge is 0.463 e. The van der Waals surface area contributed by atoms with E-state index in [2.05, 4.69) is 0 Å². The van der Waals surface area contributed by atoms with Gasteiger partial charge in [-0.05, 0) is 12.8 Å². The van der Waals surface area contributed by atoms with E-state index in [-0.39, 0.29) is 25.8 Å². The predicted molar refractivity (Wildman–Crippen MR) is 111 cm³/mol. The van der Waals surface area contributed by atoms with Crippen LogP contribution < -0.4 is 0 Å². The number of rotatable bonds is 21. The van der Waals surface area contributed by atoms with E-state index >= 15 is 0 Å². The number of hydrogen-bond donors (Lipinski definition) is 4. The van der Waals surface area contributed by atoms with Gasteiger partial charge in [0.15, 0.2) is 0 Å². The fourth-order valence-electron chi connectivity index (χ4n) is 3.18. The van der Waals surface area contributed by atoms with Gasteiger partial charge in [0.25, 0.3) is 0 Å². The van der Waals surface area contributed by atoms with Crippen LogP contribution in [0.3, 0.4) is 0 Å². The van der Waals surface area contributed by atoms with E-state index in [9.17, 15) is 9.90 Å². The first-order chi connectivity index (χ1) is 13.6. The first-order valence-electron chi connectivity index (χ1n) is 11.3. The Morgan fingerprint density at radius 3 is 1.43 bits per heavy atom. The lowest BCUT2D eigenvalue weighted by Gasteiger charge is -2.08. The number of aliphatic hydroxyl groups excluding tert-OH is 4. The number of carbonyl (C=O) groups excluding carboxylic acids is 1. The highest BCUT2D eigenvalue weighted by molar-refractivity contribution is 5.69. The summed E-state index contributed by atoms with van der Waals surface area (Å²) in [5.41, 5.74) is 0. The van der Waals surface area contributed by atoms with Crippen molar-refractivity contribution in [3.63, 3.8) is 0 Å². The van der Waals surface area contributed by atoms with Crippen molar-refractivity contribution in [3.8, 4) is 0 Å². The van der Waals surface area contributed by atoms with Gasteiger partial charge in [-0.3, -0.25) is 4.79 Å². The van der Waals surface area contributed by atoms with Crippen LogP contribution in [0.1, 0.15) is 103 Å². The summed E-state index contributed by atoms with van der Waals surface area (Å²) in [7, 11) is 0. The van der Waals surface area contributed by atoms with Crippen LogP contribution in [0, 0.1) is 0 Å². The minimum absolute atomic E-state index is 0.119. The van der Waals surface area contributed by atoms with Gasteiger partial charge in [0.2, 0.25) is 0 Å². The zero-order chi connectivity index (χ0) is 20.9. The molecular weight excluding hydrogens is 360 g/mol. The summed E-state index contributed by atoms with van der Waals surface area (Å²) in [4.78, 5) is 11.4. The molecule has 0 radical (unpaired) electrons. The maximum Gasteiger partial charge on any atom is 0.305 e. The van der Waals surface area contributed by atoms with Gasteiger partial charge in [-0.2, -0.15) is 0 Å². The van der Waals surface area contributed by atoms with E-state index in [0.29, 0.717) is 6.42 Å². The monoisotopic (exact) mass is 404 g/mol. The second-order valence-electron chi connectivity index (χ2n) is 7.84. The molecule has 168 valence electrons. The van der Waals surface area contributed by atoms with Crippen LogP contribution in [0.4, 0.5) is 0 Å². The van der Waals surface area contributed by atoms with E-state index in [1.54, 1.807) is 0 Å². The zero-order valence-electron chi connectivity index (χ0n) is 17.7. The van der Waals surface area contributed by atoms with Crippen LogP contribution in [0.5, 0.6) is 0 Å². The lowest BCUT2D eigenvalue weighted by atomic mass is 10.0. The van der Waals surface area contributed by atoms with Crippen molar-refractivity contribution in [2.24, 2.45) is 0 Å². The molecule has 6 heteroatoms. The van der Waals surface area contributed by atoms with Crippen molar-refractivity contribution in [1.82, 2.24) is 0 Å². The standard InChI is InChI=1S/C22H44O6/c23-17-20(25)15-13-11-9-7-5-3-1-2-4-6-8-10-12-14-16-22(27)28-19-21(26)18-24/h20-21,23-26H,1-19H2. The highest BCUT2D eigenvalue weighted by Gasteiger charge is 2.07. The molecule has 0 aromatic carbocycles. The third-order valence-corrected chi connectivity index (χ3v) is 5.03. The van der Waals surface area contributed by atoms with Gasteiger partial charge in [0.05, 0.1) is 19.3 Å². The Hall–Kier alpha value is -0.690. The van der Waals surface area contributed by atoms with E-state index in [0.717, 1.165) is 38.5 Å². The topological polar surface area (TPSA) is 107 Å². The van der Waals surface area contributed by atoms with Gasteiger partial charge in [-0.15, -0.1) is 0 Å². The molecule has 0 saturated carbocycles. The van der Waals surface area contributed by atoms with Crippen molar-refractivity contribution in [2.75, 3.05) is 19.8 Å². The Morgan fingerprint density at radius 1 is 0.607 bits per heavy atom. The van der Waals surface area contributed by atoms with E-state index in [4.69, 9.17) is 20.1 Å². The Morgan fingerprint density at radius 2 is 1.00 bits per heavy atom. The molecule has 0 aliphatic carbocycles. The average molecular weight is 405 g/mol. The number of carbonyl (C=O) groups is 1. The average Bonchev–Trinajstić information content (AvgIpc) is 2.71. The maximum atomic E-state index is 11.4. The molecule has 0 aromatic heterocycles. The summed E-state index contributed by atoms with van der Waals surface area (Å²) >= 11 is 0. The molecule has 0 aliphatic rings. The maximum absolute atomic E-state index is 11.4. The summed E-state index contributed by atoms with van der Waals surface area (Å²) in [5.74, 6) is -0.296. The number of unbranched alkanes of at least 4 members (excludes halogenated alkanes) is 13. The Kier molecular flexibility index (Phi) is 20.5.